The first-order valence-electron chi connectivity index (χ1n) is 15.5. The number of hydrogen-bond donors (Lipinski definition) is 4. The summed E-state index contributed by atoms with van der Waals surface area (Å²) in [5.41, 5.74) is 3.76. The van der Waals surface area contributed by atoms with Crippen molar-refractivity contribution in [2.45, 2.75) is 31.5 Å². The fourth-order valence-electron chi connectivity index (χ4n) is 5.37. The summed E-state index contributed by atoms with van der Waals surface area (Å²) in [4.78, 5) is 37.0. The van der Waals surface area contributed by atoms with E-state index in [0.717, 1.165) is 32.7 Å². The Morgan fingerprint density at radius 3 is 2.06 bits per heavy atom. The average Bonchev–Trinajstić information content (AvgIpc) is 3.52. The predicted octanol–water partition coefficient (Wildman–Crippen LogP) is 4.29. The van der Waals surface area contributed by atoms with Crippen LogP contribution in [0.1, 0.15) is 44.8 Å². The number of aliphatic hydroxyl groups is 1. The Hall–Kier alpha value is -5.20. The Balaban J connectivity index is 1.42. The Labute approximate surface area is 280 Å². The summed E-state index contributed by atoms with van der Waals surface area (Å²) in [7, 11) is -0.561. The van der Waals surface area contributed by atoms with Crippen LogP contribution in [0.3, 0.4) is 0 Å². The number of rotatable bonds is 13. The lowest BCUT2D eigenvalue weighted by Crippen LogP contribution is -2.49. The average molecular weight is 669 g/mol. The van der Waals surface area contributed by atoms with E-state index < -0.39 is 34.0 Å². The van der Waals surface area contributed by atoms with Gasteiger partial charge in [-0.05, 0) is 54.8 Å². The number of anilines is 2. The number of amides is 2. The van der Waals surface area contributed by atoms with E-state index in [-0.39, 0.29) is 29.4 Å². The van der Waals surface area contributed by atoms with Gasteiger partial charge in [0.25, 0.3) is 11.8 Å². The number of aromatic amines is 1. The van der Waals surface area contributed by atoms with Crippen LogP contribution >= 0.6 is 0 Å². The highest BCUT2D eigenvalue weighted by Gasteiger charge is 2.26. The minimum absolute atomic E-state index is 0.0661. The lowest BCUT2D eigenvalue weighted by molar-refractivity contribution is 0.0843. The highest BCUT2D eigenvalue weighted by Crippen LogP contribution is 2.23. The van der Waals surface area contributed by atoms with Crippen molar-refractivity contribution in [3.05, 3.63) is 125 Å². The quantitative estimate of drug-likeness (QED) is 0.146. The van der Waals surface area contributed by atoms with Gasteiger partial charge < -0.3 is 25.6 Å². The number of nitrogens with one attached hydrogen (secondary N) is 3. The minimum Gasteiger partial charge on any atom is -0.389 e. The maximum atomic E-state index is 13.9. The van der Waals surface area contributed by atoms with Gasteiger partial charge in [0.05, 0.1) is 41.2 Å². The minimum atomic E-state index is -3.72. The van der Waals surface area contributed by atoms with Gasteiger partial charge in [0.1, 0.15) is 0 Å². The fraction of sp³-hybridized carbons (Fsp3) is 0.250. The molecular formula is C36H40N6O5S. The molecule has 2 amide bonds. The molecule has 0 aliphatic heterocycles. The molecule has 4 N–H and O–H groups in total. The van der Waals surface area contributed by atoms with Gasteiger partial charge in [-0.15, -0.1) is 0 Å². The van der Waals surface area contributed by atoms with E-state index >= 15 is 0 Å². The van der Waals surface area contributed by atoms with Gasteiger partial charge in [0.2, 0.25) is 16.0 Å². The molecule has 0 aliphatic rings. The Morgan fingerprint density at radius 1 is 0.854 bits per heavy atom. The van der Waals surface area contributed by atoms with Crippen LogP contribution < -0.4 is 19.8 Å². The SMILES string of the molecule is C[C@@H](NC(=O)c1cc(C(=O)N[C@@H](Cc2ccccc2)[C@H](O)CN(C)c2nc3ccccc3[nH]2)cc(N(C)S(C)(=O)=O)c1)c1ccccc1. The molecule has 5 rings (SSSR count). The van der Waals surface area contributed by atoms with Crippen LogP contribution in [0.2, 0.25) is 0 Å². The van der Waals surface area contributed by atoms with Crippen molar-refractivity contribution in [3.63, 3.8) is 0 Å². The molecule has 0 aliphatic carbocycles. The van der Waals surface area contributed by atoms with Crippen molar-refractivity contribution in [1.29, 1.82) is 0 Å². The summed E-state index contributed by atoms with van der Waals surface area (Å²) >= 11 is 0. The highest BCUT2D eigenvalue weighted by atomic mass is 32.2. The van der Waals surface area contributed by atoms with Crippen molar-refractivity contribution < 1.29 is 23.1 Å². The zero-order valence-electron chi connectivity index (χ0n) is 27.3. The van der Waals surface area contributed by atoms with E-state index in [0.29, 0.717) is 12.4 Å². The number of fused-ring (bicyclic) bond motifs is 1. The summed E-state index contributed by atoms with van der Waals surface area (Å²) in [5.74, 6) is -0.482. The summed E-state index contributed by atoms with van der Waals surface area (Å²) < 4.78 is 26.0. The second-order valence-corrected chi connectivity index (χ2v) is 13.9. The Bertz CT molecular complexity index is 1950. The van der Waals surface area contributed by atoms with Crippen molar-refractivity contribution in [3.8, 4) is 0 Å². The van der Waals surface area contributed by atoms with Gasteiger partial charge in [0, 0.05) is 31.8 Å². The zero-order valence-corrected chi connectivity index (χ0v) is 28.1. The second-order valence-electron chi connectivity index (χ2n) is 11.9. The van der Waals surface area contributed by atoms with Crippen molar-refractivity contribution >= 4 is 44.5 Å². The molecule has 0 saturated carbocycles. The van der Waals surface area contributed by atoms with Crippen LogP contribution in [0.5, 0.6) is 0 Å². The number of aliphatic hydroxyl groups excluding tert-OH is 1. The molecule has 250 valence electrons. The Kier molecular flexibility index (Phi) is 10.5. The maximum Gasteiger partial charge on any atom is 0.251 e. The smallest absolute Gasteiger partial charge is 0.251 e. The number of para-hydroxylation sites is 2. The van der Waals surface area contributed by atoms with E-state index in [4.69, 9.17) is 0 Å². The lowest BCUT2D eigenvalue weighted by atomic mass is 9.99. The van der Waals surface area contributed by atoms with Crippen molar-refractivity contribution in [1.82, 2.24) is 20.6 Å². The number of nitrogens with zero attached hydrogens (tertiary/aromatic N) is 3. The van der Waals surface area contributed by atoms with Crippen LogP contribution in [-0.2, 0) is 16.4 Å². The lowest BCUT2D eigenvalue weighted by Gasteiger charge is -2.28. The van der Waals surface area contributed by atoms with Gasteiger partial charge in [-0.3, -0.25) is 13.9 Å². The molecule has 0 bridgehead atoms. The van der Waals surface area contributed by atoms with Gasteiger partial charge in [-0.1, -0.05) is 72.8 Å². The van der Waals surface area contributed by atoms with Gasteiger partial charge in [0.15, 0.2) is 0 Å². The van der Waals surface area contributed by atoms with Gasteiger partial charge in [-0.2, -0.15) is 0 Å². The molecule has 48 heavy (non-hydrogen) atoms. The largest absolute Gasteiger partial charge is 0.389 e. The third kappa shape index (κ3) is 8.38. The molecule has 11 nitrogen and oxygen atoms in total. The summed E-state index contributed by atoms with van der Waals surface area (Å²) in [6.07, 6.45) is 0.317. The van der Waals surface area contributed by atoms with Crippen LogP contribution in [-0.4, -0.2) is 74.3 Å². The van der Waals surface area contributed by atoms with Crippen LogP contribution in [0.4, 0.5) is 11.6 Å². The molecule has 5 aromatic rings. The summed E-state index contributed by atoms with van der Waals surface area (Å²) in [6, 6.07) is 29.7. The second kappa shape index (κ2) is 14.7. The van der Waals surface area contributed by atoms with Gasteiger partial charge >= 0.3 is 0 Å². The number of H-pyrrole nitrogens is 1. The van der Waals surface area contributed by atoms with E-state index in [9.17, 15) is 23.1 Å². The number of carbonyl (C=O) groups is 2. The molecular weight excluding hydrogens is 629 g/mol. The first-order valence-corrected chi connectivity index (χ1v) is 17.4. The van der Waals surface area contributed by atoms with Crippen LogP contribution in [0, 0.1) is 0 Å². The summed E-state index contributed by atoms with van der Waals surface area (Å²) in [5, 5.41) is 17.4. The molecule has 4 aromatic carbocycles. The Morgan fingerprint density at radius 2 is 1.44 bits per heavy atom. The number of aromatic nitrogens is 2. The van der Waals surface area contributed by atoms with E-state index in [2.05, 4.69) is 20.6 Å². The van der Waals surface area contributed by atoms with Crippen LogP contribution in [0.15, 0.2) is 103 Å². The van der Waals surface area contributed by atoms with Crippen LogP contribution in [0.25, 0.3) is 11.0 Å². The summed E-state index contributed by atoms with van der Waals surface area (Å²) in [6.45, 7) is 1.98. The molecule has 1 heterocycles. The van der Waals surface area contributed by atoms with Gasteiger partial charge in [-0.25, -0.2) is 13.4 Å². The van der Waals surface area contributed by atoms with E-state index in [1.807, 2.05) is 91.9 Å². The number of imidazole rings is 1. The molecule has 0 spiro atoms. The zero-order chi connectivity index (χ0) is 34.4. The monoisotopic (exact) mass is 668 g/mol. The standard InChI is InChI=1S/C36H40N6O5S/c1-24(26-15-9-6-10-16-26)37-34(44)27-20-28(22-29(21-27)42(3)48(4,46)47)35(45)38-32(19-25-13-7-5-8-14-25)33(43)23-41(2)36-39-30-17-11-12-18-31(30)40-36/h5-18,20-22,24,32-33,43H,19,23H2,1-4H3,(H,37,44)(H,38,45)(H,39,40)/t24-,32+,33-/m1/s1. The van der Waals surface area contributed by atoms with Crippen molar-refractivity contribution in [2.24, 2.45) is 0 Å². The predicted molar refractivity (Wildman–Crippen MR) is 189 cm³/mol. The number of likely N-dealkylation sites (N-methyl/N-ethyl adjacent to an activating group) is 1. The molecule has 12 heteroatoms. The molecule has 0 saturated heterocycles. The van der Waals surface area contributed by atoms with E-state index in [1.165, 1.54) is 25.2 Å². The first kappa shape index (κ1) is 34.1. The number of carbonyl (C=O) groups excluding carboxylic acids is 2. The topological polar surface area (TPSA) is 148 Å². The fourth-order valence-corrected chi connectivity index (χ4v) is 5.86. The molecule has 0 fully saturated rings. The normalized spacial score (nSPS) is 13.4. The maximum absolute atomic E-state index is 13.9. The number of sulfonamides is 1. The van der Waals surface area contributed by atoms with Crippen molar-refractivity contribution in [2.75, 3.05) is 36.1 Å². The molecule has 0 radical (unpaired) electrons. The third-order valence-electron chi connectivity index (χ3n) is 8.23. The highest BCUT2D eigenvalue weighted by molar-refractivity contribution is 7.92. The number of hydrogen-bond acceptors (Lipinski definition) is 7. The first-order chi connectivity index (χ1) is 22.9. The molecule has 1 aromatic heterocycles. The molecule has 0 unspecified atom stereocenters. The van der Waals surface area contributed by atoms with E-state index in [1.54, 1.807) is 11.9 Å². The molecule has 3 atom stereocenters. The third-order valence-corrected chi connectivity index (χ3v) is 9.43. The number of benzene rings is 4.